The number of fused-ring (bicyclic) bond motifs is 2. The minimum absolute atomic E-state index is 0.238. The number of benzene rings is 3. The van der Waals surface area contributed by atoms with Crippen LogP contribution in [0.1, 0.15) is 5.56 Å². The lowest BCUT2D eigenvalue weighted by Gasteiger charge is -2.14. The first-order chi connectivity index (χ1) is 12.0. The van der Waals surface area contributed by atoms with Crippen molar-refractivity contribution in [1.82, 2.24) is 4.98 Å². The van der Waals surface area contributed by atoms with Gasteiger partial charge in [0.1, 0.15) is 11.3 Å². The van der Waals surface area contributed by atoms with Crippen molar-refractivity contribution in [3.8, 4) is 11.5 Å². The molecule has 0 saturated heterocycles. The highest BCUT2D eigenvalue weighted by Crippen LogP contribution is 2.39. The molecule has 4 aromatic rings. The van der Waals surface area contributed by atoms with Gasteiger partial charge in [-0.05, 0) is 30.3 Å². The summed E-state index contributed by atoms with van der Waals surface area (Å²) in [6, 6.07) is 19.9. The molecule has 1 heterocycles. The zero-order valence-electron chi connectivity index (χ0n) is 12.9. The summed E-state index contributed by atoms with van der Waals surface area (Å²) in [5.41, 5.74) is 0.473. The van der Waals surface area contributed by atoms with E-state index in [2.05, 4.69) is 4.98 Å². The Morgan fingerprint density at radius 1 is 0.720 bits per heavy atom. The number of nitrogens with zero attached hydrogens (tertiary/aromatic N) is 1. The van der Waals surface area contributed by atoms with Crippen LogP contribution in [0.2, 0.25) is 0 Å². The SMILES string of the molecule is FC(F)(F)c1ccccc1Oc1cccc2cc3ccccc3nc12. The van der Waals surface area contributed by atoms with Crippen LogP contribution in [0.25, 0.3) is 21.8 Å². The molecule has 3 aromatic carbocycles. The van der Waals surface area contributed by atoms with E-state index in [-0.39, 0.29) is 5.75 Å². The summed E-state index contributed by atoms with van der Waals surface area (Å²) in [4.78, 5) is 4.56. The summed E-state index contributed by atoms with van der Waals surface area (Å²) < 4.78 is 45.1. The van der Waals surface area contributed by atoms with Crippen LogP contribution in [0, 0.1) is 0 Å². The molecule has 0 N–H and O–H groups in total. The molecular weight excluding hydrogens is 327 g/mol. The number of alkyl halides is 3. The van der Waals surface area contributed by atoms with Gasteiger partial charge in [0.2, 0.25) is 0 Å². The highest BCUT2D eigenvalue weighted by Gasteiger charge is 2.34. The molecule has 2 nitrogen and oxygen atoms in total. The maximum Gasteiger partial charge on any atom is 0.419 e. The minimum Gasteiger partial charge on any atom is -0.454 e. The predicted octanol–water partition coefficient (Wildman–Crippen LogP) is 6.20. The first-order valence-corrected chi connectivity index (χ1v) is 7.65. The quantitative estimate of drug-likeness (QED) is 0.406. The van der Waals surface area contributed by atoms with Crippen molar-refractivity contribution >= 4 is 21.8 Å². The molecule has 124 valence electrons. The van der Waals surface area contributed by atoms with Gasteiger partial charge < -0.3 is 4.74 Å². The van der Waals surface area contributed by atoms with Gasteiger partial charge in [0.05, 0.1) is 11.1 Å². The van der Waals surface area contributed by atoms with Gasteiger partial charge in [0.15, 0.2) is 5.75 Å². The highest BCUT2D eigenvalue weighted by atomic mass is 19.4. The standard InChI is InChI=1S/C20H12F3NO/c21-20(22,23)15-8-2-4-10-17(15)25-18-11-5-7-14-12-13-6-1-3-9-16(13)24-19(14)18/h1-12H. The molecule has 0 amide bonds. The molecule has 0 fully saturated rings. The van der Waals surface area contributed by atoms with Crippen LogP contribution < -0.4 is 4.74 Å². The number of hydrogen-bond acceptors (Lipinski definition) is 2. The van der Waals surface area contributed by atoms with Gasteiger partial charge in [-0.25, -0.2) is 4.98 Å². The molecule has 1 aromatic heterocycles. The lowest BCUT2D eigenvalue weighted by Crippen LogP contribution is -2.06. The third kappa shape index (κ3) is 2.89. The number of rotatable bonds is 2. The van der Waals surface area contributed by atoms with E-state index >= 15 is 0 Å². The summed E-state index contributed by atoms with van der Waals surface area (Å²) in [5, 5.41) is 1.77. The van der Waals surface area contributed by atoms with E-state index < -0.39 is 11.7 Å². The Morgan fingerprint density at radius 2 is 1.40 bits per heavy atom. The predicted molar refractivity (Wildman–Crippen MR) is 90.8 cm³/mol. The Morgan fingerprint density at radius 3 is 2.24 bits per heavy atom. The van der Waals surface area contributed by atoms with Crippen molar-refractivity contribution in [2.75, 3.05) is 0 Å². The summed E-state index contributed by atoms with van der Waals surface area (Å²) in [5.74, 6) is 0.0532. The fourth-order valence-electron chi connectivity index (χ4n) is 2.77. The van der Waals surface area contributed by atoms with E-state index in [9.17, 15) is 13.2 Å². The van der Waals surface area contributed by atoms with Crippen molar-refractivity contribution in [2.24, 2.45) is 0 Å². The fraction of sp³-hybridized carbons (Fsp3) is 0.0500. The molecule has 0 aliphatic rings. The number of ether oxygens (including phenoxy) is 1. The van der Waals surface area contributed by atoms with Gasteiger partial charge >= 0.3 is 6.18 Å². The number of pyridine rings is 1. The number of para-hydroxylation sites is 3. The van der Waals surface area contributed by atoms with Gasteiger partial charge in [0.25, 0.3) is 0 Å². The summed E-state index contributed by atoms with van der Waals surface area (Å²) in [6.07, 6.45) is -4.48. The Kier molecular flexibility index (Phi) is 3.57. The smallest absolute Gasteiger partial charge is 0.419 e. The normalized spacial score (nSPS) is 11.8. The Hall–Kier alpha value is -3.08. The molecule has 0 saturated carbocycles. The molecule has 0 radical (unpaired) electrons. The van der Waals surface area contributed by atoms with Crippen molar-refractivity contribution in [1.29, 1.82) is 0 Å². The van der Waals surface area contributed by atoms with Gasteiger partial charge in [0, 0.05) is 10.8 Å². The molecular formula is C20H12F3NO. The summed E-state index contributed by atoms with van der Waals surface area (Å²) >= 11 is 0. The monoisotopic (exact) mass is 339 g/mol. The van der Waals surface area contributed by atoms with Crippen LogP contribution in [-0.4, -0.2) is 4.98 Å². The maximum absolute atomic E-state index is 13.2. The molecule has 0 aliphatic heterocycles. The first-order valence-electron chi connectivity index (χ1n) is 7.65. The number of aromatic nitrogens is 1. The fourth-order valence-corrected chi connectivity index (χ4v) is 2.77. The summed E-state index contributed by atoms with van der Waals surface area (Å²) in [7, 11) is 0. The van der Waals surface area contributed by atoms with E-state index in [1.807, 2.05) is 36.4 Å². The van der Waals surface area contributed by atoms with E-state index in [0.717, 1.165) is 22.4 Å². The van der Waals surface area contributed by atoms with Crippen molar-refractivity contribution < 1.29 is 17.9 Å². The van der Waals surface area contributed by atoms with Gasteiger partial charge in [-0.1, -0.05) is 42.5 Å². The van der Waals surface area contributed by atoms with Crippen LogP contribution in [0.5, 0.6) is 11.5 Å². The third-order valence-corrected chi connectivity index (χ3v) is 3.92. The van der Waals surface area contributed by atoms with Crippen LogP contribution >= 0.6 is 0 Å². The van der Waals surface area contributed by atoms with Crippen LogP contribution in [0.4, 0.5) is 13.2 Å². The lowest BCUT2D eigenvalue weighted by atomic mass is 10.1. The van der Waals surface area contributed by atoms with E-state index in [1.54, 1.807) is 12.1 Å². The van der Waals surface area contributed by atoms with Crippen molar-refractivity contribution in [2.45, 2.75) is 6.18 Å². The highest BCUT2D eigenvalue weighted by molar-refractivity contribution is 5.95. The maximum atomic E-state index is 13.2. The van der Waals surface area contributed by atoms with E-state index in [4.69, 9.17) is 4.74 Å². The second-order valence-corrected chi connectivity index (χ2v) is 5.60. The molecule has 0 unspecified atom stereocenters. The molecule has 0 spiro atoms. The molecule has 0 aliphatic carbocycles. The Labute approximate surface area is 141 Å². The minimum atomic E-state index is -4.48. The average Bonchev–Trinajstić information content (AvgIpc) is 2.60. The zero-order valence-corrected chi connectivity index (χ0v) is 12.9. The largest absolute Gasteiger partial charge is 0.454 e. The molecule has 5 heteroatoms. The van der Waals surface area contributed by atoms with Crippen LogP contribution in [0.15, 0.2) is 72.8 Å². The Balaban J connectivity index is 1.87. The van der Waals surface area contributed by atoms with Gasteiger partial charge in [-0.3, -0.25) is 0 Å². The molecule has 0 bridgehead atoms. The Bertz CT molecular complexity index is 1070. The van der Waals surface area contributed by atoms with Gasteiger partial charge in [-0.15, -0.1) is 0 Å². The summed E-state index contributed by atoms with van der Waals surface area (Å²) in [6.45, 7) is 0. The lowest BCUT2D eigenvalue weighted by molar-refractivity contribution is -0.138. The van der Waals surface area contributed by atoms with E-state index in [0.29, 0.717) is 11.3 Å². The second-order valence-electron chi connectivity index (χ2n) is 5.60. The van der Waals surface area contributed by atoms with Crippen molar-refractivity contribution in [3.63, 3.8) is 0 Å². The molecule has 0 atom stereocenters. The van der Waals surface area contributed by atoms with Crippen molar-refractivity contribution in [3.05, 3.63) is 78.4 Å². The second kappa shape index (κ2) is 5.77. The average molecular weight is 339 g/mol. The third-order valence-electron chi connectivity index (χ3n) is 3.92. The van der Waals surface area contributed by atoms with Crippen LogP contribution in [-0.2, 0) is 6.18 Å². The van der Waals surface area contributed by atoms with Crippen LogP contribution in [0.3, 0.4) is 0 Å². The first kappa shape index (κ1) is 15.4. The molecule has 4 rings (SSSR count). The topological polar surface area (TPSA) is 22.1 Å². The van der Waals surface area contributed by atoms with E-state index in [1.165, 1.54) is 18.2 Å². The van der Waals surface area contributed by atoms with Gasteiger partial charge in [-0.2, -0.15) is 13.2 Å². The number of hydrogen-bond donors (Lipinski definition) is 0. The number of halogens is 3. The zero-order chi connectivity index (χ0) is 17.4. The molecule has 25 heavy (non-hydrogen) atoms.